The summed E-state index contributed by atoms with van der Waals surface area (Å²) in [7, 11) is -4.67. The van der Waals surface area contributed by atoms with Crippen molar-refractivity contribution in [3.63, 3.8) is 0 Å². The van der Waals surface area contributed by atoms with E-state index in [1.54, 1.807) is 0 Å². The lowest BCUT2D eigenvalue weighted by Gasteiger charge is -2.27. The Balaban J connectivity index is 0.000000312. The first-order valence-corrected chi connectivity index (χ1v) is 7.22. The topological polar surface area (TPSA) is 81.1 Å². The fraction of sp³-hybridized carbons (Fsp3) is 0.333. The first-order valence-electron chi connectivity index (χ1n) is 5.82. The molecule has 7 heteroatoms. The van der Waals surface area contributed by atoms with Gasteiger partial charge in [0.15, 0.2) is 0 Å². The van der Waals surface area contributed by atoms with Gasteiger partial charge in [-0.25, -0.2) is 5.01 Å². The smallest absolute Gasteiger partial charge is 0.313 e. The molecule has 1 aliphatic rings. The van der Waals surface area contributed by atoms with Crippen LogP contribution in [0.5, 0.6) is 0 Å². The third-order valence-electron chi connectivity index (χ3n) is 2.49. The number of benzene rings is 1. The van der Waals surface area contributed by atoms with Crippen molar-refractivity contribution in [2.24, 2.45) is 0 Å². The van der Waals surface area contributed by atoms with Crippen molar-refractivity contribution in [3.05, 3.63) is 48.2 Å². The fourth-order valence-corrected chi connectivity index (χ4v) is 1.74. The van der Waals surface area contributed by atoms with Crippen LogP contribution in [0, 0.1) is 0 Å². The number of nitrogens with zero attached hydrogens (tertiary/aromatic N) is 2. The van der Waals surface area contributed by atoms with Gasteiger partial charge in [-0.05, 0) is 12.5 Å². The van der Waals surface area contributed by atoms with E-state index in [0.29, 0.717) is 0 Å². The molecule has 106 valence electrons. The Bertz CT molecular complexity index is 494. The van der Waals surface area contributed by atoms with Gasteiger partial charge in [-0.1, -0.05) is 36.4 Å². The van der Waals surface area contributed by atoms with E-state index in [1.165, 1.54) is 5.56 Å². The molecule has 0 aliphatic carbocycles. The summed E-state index contributed by atoms with van der Waals surface area (Å²) < 4.78 is 31.6. The molecule has 0 spiro atoms. The Hall–Kier alpha value is -1.41. The van der Waals surface area contributed by atoms with Gasteiger partial charge in [-0.3, -0.25) is 9.11 Å². The molecule has 0 atom stereocenters. The summed E-state index contributed by atoms with van der Waals surface area (Å²) in [5, 5.41) is 4.60. The molecule has 1 heterocycles. The van der Waals surface area contributed by atoms with Crippen molar-refractivity contribution in [1.82, 2.24) is 10.0 Å². The number of rotatable bonds is 3. The standard InChI is InChI=1S/C12H16N2.H2O4S/c1-2-13-9-6-10-14(13)11-12-7-4-3-5-8-12;1-5(2,3)4/h3-9H,2,10-11H2,1H3;(H2,1,2,3,4). The van der Waals surface area contributed by atoms with Gasteiger partial charge >= 0.3 is 10.4 Å². The first kappa shape index (κ1) is 15.6. The third kappa shape index (κ3) is 6.92. The Labute approximate surface area is 113 Å². The molecular formula is C12H18N2O4S. The Morgan fingerprint density at radius 2 is 1.79 bits per heavy atom. The summed E-state index contributed by atoms with van der Waals surface area (Å²) in [5.41, 5.74) is 1.37. The molecule has 6 nitrogen and oxygen atoms in total. The van der Waals surface area contributed by atoms with Crippen molar-refractivity contribution >= 4 is 10.4 Å². The van der Waals surface area contributed by atoms with Gasteiger partial charge in [0.1, 0.15) is 0 Å². The van der Waals surface area contributed by atoms with Crippen LogP contribution >= 0.6 is 0 Å². The maximum atomic E-state index is 8.74. The molecule has 0 radical (unpaired) electrons. The summed E-state index contributed by atoms with van der Waals surface area (Å²) in [6, 6.07) is 10.6. The fourth-order valence-electron chi connectivity index (χ4n) is 1.74. The minimum atomic E-state index is -4.67. The average Bonchev–Trinajstić information content (AvgIpc) is 2.75. The lowest BCUT2D eigenvalue weighted by Crippen LogP contribution is -2.34. The van der Waals surface area contributed by atoms with Crippen LogP contribution in [-0.4, -0.2) is 40.6 Å². The van der Waals surface area contributed by atoms with Crippen LogP contribution in [0.2, 0.25) is 0 Å². The quantitative estimate of drug-likeness (QED) is 0.821. The van der Waals surface area contributed by atoms with Crippen LogP contribution in [0.4, 0.5) is 0 Å². The van der Waals surface area contributed by atoms with Gasteiger partial charge in [0, 0.05) is 25.8 Å². The molecule has 1 aliphatic heterocycles. The minimum absolute atomic E-state index is 1.00. The van der Waals surface area contributed by atoms with Crippen LogP contribution in [0.3, 0.4) is 0 Å². The molecular weight excluding hydrogens is 268 g/mol. The molecule has 0 unspecified atom stereocenters. The highest BCUT2D eigenvalue weighted by molar-refractivity contribution is 7.79. The van der Waals surface area contributed by atoms with E-state index in [2.05, 4.69) is 59.5 Å². The Morgan fingerprint density at radius 1 is 1.21 bits per heavy atom. The second-order valence-electron chi connectivity index (χ2n) is 3.92. The summed E-state index contributed by atoms with van der Waals surface area (Å²) >= 11 is 0. The summed E-state index contributed by atoms with van der Waals surface area (Å²) in [6.07, 6.45) is 4.36. The summed E-state index contributed by atoms with van der Waals surface area (Å²) in [6.45, 7) is 5.25. The molecule has 0 bridgehead atoms. The van der Waals surface area contributed by atoms with Gasteiger partial charge in [-0.2, -0.15) is 8.42 Å². The SMILES string of the molecule is CCN1C=CCN1Cc1ccccc1.O=S(=O)(O)O. The first-order chi connectivity index (χ1) is 8.90. The average molecular weight is 286 g/mol. The molecule has 0 saturated carbocycles. The van der Waals surface area contributed by atoms with E-state index in [1.807, 2.05) is 0 Å². The zero-order chi connectivity index (χ0) is 14.3. The molecule has 1 aromatic carbocycles. The maximum Gasteiger partial charge on any atom is 0.394 e. The normalized spacial score (nSPS) is 15.2. The van der Waals surface area contributed by atoms with Gasteiger partial charge in [0.2, 0.25) is 0 Å². The number of hydrogen-bond donors (Lipinski definition) is 2. The van der Waals surface area contributed by atoms with Gasteiger partial charge in [-0.15, -0.1) is 0 Å². The van der Waals surface area contributed by atoms with E-state index >= 15 is 0 Å². The van der Waals surface area contributed by atoms with E-state index in [-0.39, 0.29) is 0 Å². The largest absolute Gasteiger partial charge is 0.394 e. The molecule has 0 fully saturated rings. The van der Waals surface area contributed by atoms with Gasteiger partial charge in [0.05, 0.1) is 0 Å². The van der Waals surface area contributed by atoms with Gasteiger partial charge in [0.25, 0.3) is 0 Å². The van der Waals surface area contributed by atoms with E-state index in [4.69, 9.17) is 17.5 Å². The second kappa shape index (κ2) is 7.25. The highest BCUT2D eigenvalue weighted by Crippen LogP contribution is 2.12. The number of hydrazine groups is 1. The zero-order valence-corrected chi connectivity index (χ0v) is 11.5. The molecule has 1 aromatic rings. The Morgan fingerprint density at radius 3 is 2.32 bits per heavy atom. The highest BCUT2D eigenvalue weighted by atomic mass is 32.3. The minimum Gasteiger partial charge on any atom is -0.313 e. The van der Waals surface area contributed by atoms with Crippen LogP contribution in [0.15, 0.2) is 42.6 Å². The Kier molecular flexibility index (Phi) is 5.97. The molecule has 0 amide bonds. The molecule has 0 saturated heterocycles. The molecule has 2 N–H and O–H groups in total. The van der Waals surface area contributed by atoms with Crippen molar-refractivity contribution in [3.8, 4) is 0 Å². The van der Waals surface area contributed by atoms with Crippen LogP contribution < -0.4 is 0 Å². The van der Waals surface area contributed by atoms with Crippen LogP contribution in [-0.2, 0) is 16.9 Å². The number of hydrogen-bond acceptors (Lipinski definition) is 4. The zero-order valence-electron chi connectivity index (χ0n) is 10.7. The van der Waals surface area contributed by atoms with Gasteiger partial charge < -0.3 is 5.01 Å². The second-order valence-corrected chi connectivity index (χ2v) is 4.82. The van der Waals surface area contributed by atoms with Crippen molar-refractivity contribution < 1.29 is 17.5 Å². The third-order valence-corrected chi connectivity index (χ3v) is 2.49. The van der Waals surface area contributed by atoms with Crippen molar-refractivity contribution in [1.29, 1.82) is 0 Å². The summed E-state index contributed by atoms with van der Waals surface area (Å²) in [4.78, 5) is 0. The molecule has 0 aromatic heterocycles. The van der Waals surface area contributed by atoms with Crippen LogP contribution in [0.25, 0.3) is 0 Å². The monoisotopic (exact) mass is 286 g/mol. The molecule has 2 rings (SSSR count). The molecule has 19 heavy (non-hydrogen) atoms. The van der Waals surface area contributed by atoms with E-state index in [0.717, 1.165) is 19.6 Å². The summed E-state index contributed by atoms with van der Waals surface area (Å²) in [5.74, 6) is 0. The van der Waals surface area contributed by atoms with Crippen molar-refractivity contribution in [2.75, 3.05) is 13.1 Å². The lowest BCUT2D eigenvalue weighted by atomic mass is 10.2. The van der Waals surface area contributed by atoms with E-state index < -0.39 is 10.4 Å². The highest BCUT2D eigenvalue weighted by Gasteiger charge is 2.13. The predicted octanol–water partition coefficient (Wildman–Crippen LogP) is 1.60. The maximum absolute atomic E-state index is 8.74. The lowest BCUT2D eigenvalue weighted by molar-refractivity contribution is 0.0488. The van der Waals surface area contributed by atoms with Crippen LogP contribution in [0.1, 0.15) is 12.5 Å². The van der Waals surface area contributed by atoms with Crippen molar-refractivity contribution in [2.45, 2.75) is 13.5 Å². The van der Waals surface area contributed by atoms with E-state index in [9.17, 15) is 0 Å². The predicted molar refractivity (Wildman–Crippen MR) is 72.5 cm³/mol.